The van der Waals surface area contributed by atoms with Crippen LogP contribution in [0, 0.1) is 0 Å². The molecule has 1 rings (SSSR count). The van der Waals surface area contributed by atoms with Gasteiger partial charge in [-0.15, -0.1) is 0 Å². The highest BCUT2D eigenvalue weighted by molar-refractivity contribution is 5.95. The Labute approximate surface area is 109 Å². The molecule has 1 aromatic carbocycles. The van der Waals surface area contributed by atoms with Gasteiger partial charge >= 0.3 is 0 Å². The number of carbonyl (C=O) groups excluding carboxylic acids is 1. The van der Waals surface area contributed by atoms with Crippen LogP contribution in [0.25, 0.3) is 0 Å². The van der Waals surface area contributed by atoms with E-state index in [0.717, 1.165) is 25.8 Å². The van der Waals surface area contributed by atoms with Gasteiger partial charge in [-0.25, -0.2) is 0 Å². The molecular formula is C14H22N2O2. The van der Waals surface area contributed by atoms with E-state index in [4.69, 9.17) is 10.5 Å². The maximum absolute atomic E-state index is 12.1. The smallest absolute Gasteiger partial charge is 0.253 e. The number of hydrogen-bond acceptors (Lipinski definition) is 3. The zero-order valence-corrected chi connectivity index (χ0v) is 11.4. The summed E-state index contributed by atoms with van der Waals surface area (Å²) in [7, 11) is 3.37. The molecule has 4 heteroatoms. The molecule has 0 saturated heterocycles. The van der Waals surface area contributed by atoms with Crippen LogP contribution in [-0.2, 0) is 0 Å². The van der Waals surface area contributed by atoms with Gasteiger partial charge in [-0.3, -0.25) is 4.79 Å². The number of nitrogen functional groups attached to an aromatic ring is 1. The van der Waals surface area contributed by atoms with Crippen LogP contribution in [0.2, 0.25) is 0 Å². The molecule has 1 amide bonds. The first kappa shape index (κ1) is 14.4. The summed E-state index contributed by atoms with van der Waals surface area (Å²) in [4.78, 5) is 13.9. The molecule has 0 spiro atoms. The molecule has 0 atom stereocenters. The van der Waals surface area contributed by atoms with Crippen molar-refractivity contribution in [3.8, 4) is 5.75 Å². The molecule has 4 nitrogen and oxygen atoms in total. The minimum atomic E-state index is 0.00408. The van der Waals surface area contributed by atoms with E-state index in [1.165, 1.54) is 0 Å². The van der Waals surface area contributed by atoms with Crippen molar-refractivity contribution in [1.82, 2.24) is 4.90 Å². The minimum absolute atomic E-state index is 0.00408. The van der Waals surface area contributed by atoms with Crippen LogP contribution in [0.15, 0.2) is 18.2 Å². The molecule has 0 unspecified atom stereocenters. The number of nitrogens with zero attached hydrogens (tertiary/aromatic N) is 1. The molecule has 18 heavy (non-hydrogen) atoms. The van der Waals surface area contributed by atoms with Crippen molar-refractivity contribution in [2.45, 2.75) is 26.2 Å². The van der Waals surface area contributed by atoms with E-state index in [9.17, 15) is 4.79 Å². The fraction of sp³-hybridized carbons (Fsp3) is 0.500. The van der Waals surface area contributed by atoms with E-state index in [1.807, 2.05) is 7.05 Å². The maximum atomic E-state index is 12.1. The van der Waals surface area contributed by atoms with Gasteiger partial charge in [0, 0.05) is 19.2 Å². The number of methoxy groups -OCH3 is 1. The molecule has 0 fully saturated rings. The fourth-order valence-corrected chi connectivity index (χ4v) is 1.77. The Kier molecular flexibility index (Phi) is 5.49. The molecular weight excluding hydrogens is 228 g/mol. The van der Waals surface area contributed by atoms with Gasteiger partial charge in [0.05, 0.1) is 12.8 Å². The number of amides is 1. The largest absolute Gasteiger partial charge is 0.495 e. The summed E-state index contributed by atoms with van der Waals surface area (Å²) in [5.74, 6) is 0.548. The molecule has 0 bridgehead atoms. The average Bonchev–Trinajstić information content (AvgIpc) is 2.38. The summed E-state index contributed by atoms with van der Waals surface area (Å²) in [5.41, 5.74) is 6.88. The van der Waals surface area contributed by atoms with Gasteiger partial charge in [-0.05, 0) is 24.6 Å². The van der Waals surface area contributed by atoms with Gasteiger partial charge in [-0.2, -0.15) is 0 Å². The Morgan fingerprint density at radius 1 is 1.39 bits per heavy atom. The average molecular weight is 250 g/mol. The molecule has 100 valence electrons. The third kappa shape index (κ3) is 3.65. The lowest BCUT2D eigenvalue weighted by Gasteiger charge is -2.17. The Morgan fingerprint density at radius 3 is 2.72 bits per heavy atom. The highest BCUT2D eigenvalue weighted by Crippen LogP contribution is 2.22. The first-order valence-corrected chi connectivity index (χ1v) is 6.29. The molecule has 0 aliphatic rings. The van der Waals surface area contributed by atoms with Crippen LogP contribution in [0.1, 0.15) is 36.5 Å². The lowest BCUT2D eigenvalue weighted by Crippen LogP contribution is -2.27. The van der Waals surface area contributed by atoms with Gasteiger partial charge in [0.25, 0.3) is 5.91 Å². The van der Waals surface area contributed by atoms with Crippen molar-refractivity contribution >= 4 is 11.6 Å². The second-order valence-corrected chi connectivity index (χ2v) is 4.39. The molecule has 2 N–H and O–H groups in total. The first-order chi connectivity index (χ1) is 8.60. The van der Waals surface area contributed by atoms with Crippen LogP contribution in [0.3, 0.4) is 0 Å². The Bertz CT molecular complexity index is 405. The number of carbonyl (C=O) groups is 1. The van der Waals surface area contributed by atoms with Crippen molar-refractivity contribution in [3.05, 3.63) is 23.8 Å². The van der Waals surface area contributed by atoms with E-state index in [-0.39, 0.29) is 5.91 Å². The Hall–Kier alpha value is -1.71. The molecule has 0 aromatic heterocycles. The van der Waals surface area contributed by atoms with Gasteiger partial charge in [0.1, 0.15) is 5.75 Å². The van der Waals surface area contributed by atoms with Gasteiger partial charge in [0.2, 0.25) is 0 Å². The summed E-state index contributed by atoms with van der Waals surface area (Å²) in [5, 5.41) is 0. The van der Waals surface area contributed by atoms with Crippen molar-refractivity contribution in [2.75, 3.05) is 26.4 Å². The van der Waals surface area contributed by atoms with Crippen LogP contribution >= 0.6 is 0 Å². The number of anilines is 1. The van der Waals surface area contributed by atoms with Crippen molar-refractivity contribution in [1.29, 1.82) is 0 Å². The fourth-order valence-electron chi connectivity index (χ4n) is 1.77. The molecule has 0 saturated carbocycles. The number of ether oxygens (including phenoxy) is 1. The summed E-state index contributed by atoms with van der Waals surface area (Å²) in [6, 6.07) is 5.12. The number of rotatable bonds is 6. The zero-order valence-electron chi connectivity index (χ0n) is 11.4. The summed E-state index contributed by atoms with van der Waals surface area (Å²) in [6.07, 6.45) is 3.32. The molecule has 0 radical (unpaired) electrons. The first-order valence-electron chi connectivity index (χ1n) is 6.29. The normalized spacial score (nSPS) is 10.2. The predicted molar refractivity (Wildman–Crippen MR) is 73.9 cm³/mol. The number of unbranched alkanes of at least 4 members (excludes halogenated alkanes) is 2. The van der Waals surface area contributed by atoms with Crippen molar-refractivity contribution in [3.63, 3.8) is 0 Å². The van der Waals surface area contributed by atoms with Crippen LogP contribution in [0.5, 0.6) is 5.75 Å². The van der Waals surface area contributed by atoms with E-state index in [0.29, 0.717) is 17.0 Å². The molecule has 1 aromatic rings. The van der Waals surface area contributed by atoms with E-state index >= 15 is 0 Å². The van der Waals surface area contributed by atoms with Gasteiger partial charge < -0.3 is 15.4 Å². The van der Waals surface area contributed by atoms with Crippen LogP contribution in [0.4, 0.5) is 5.69 Å². The summed E-state index contributed by atoms with van der Waals surface area (Å²) < 4.78 is 5.12. The topological polar surface area (TPSA) is 55.6 Å². The van der Waals surface area contributed by atoms with Crippen molar-refractivity contribution < 1.29 is 9.53 Å². The standard InChI is InChI=1S/C14H22N2O2/c1-4-5-6-9-16(2)14(17)11-7-8-12(15)13(10-11)18-3/h7-8,10H,4-6,9,15H2,1-3H3. The number of benzene rings is 1. The summed E-state index contributed by atoms with van der Waals surface area (Å²) >= 11 is 0. The monoisotopic (exact) mass is 250 g/mol. The van der Waals surface area contributed by atoms with Crippen LogP contribution < -0.4 is 10.5 Å². The van der Waals surface area contributed by atoms with E-state index in [1.54, 1.807) is 30.2 Å². The van der Waals surface area contributed by atoms with E-state index < -0.39 is 0 Å². The second-order valence-electron chi connectivity index (χ2n) is 4.39. The third-order valence-electron chi connectivity index (χ3n) is 2.92. The van der Waals surface area contributed by atoms with Crippen molar-refractivity contribution in [2.24, 2.45) is 0 Å². The maximum Gasteiger partial charge on any atom is 0.253 e. The number of nitrogens with two attached hydrogens (primary N) is 1. The lowest BCUT2D eigenvalue weighted by molar-refractivity contribution is 0.0792. The highest BCUT2D eigenvalue weighted by atomic mass is 16.5. The zero-order chi connectivity index (χ0) is 13.5. The second kappa shape index (κ2) is 6.89. The third-order valence-corrected chi connectivity index (χ3v) is 2.92. The number of hydrogen-bond donors (Lipinski definition) is 1. The minimum Gasteiger partial charge on any atom is -0.495 e. The van der Waals surface area contributed by atoms with Crippen LogP contribution in [-0.4, -0.2) is 31.5 Å². The lowest BCUT2D eigenvalue weighted by atomic mass is 10.1. The van der Waals surface area contributed by atoms with Gasteiger partial charge in [-0.1, -0.05) is 19.8 Å². The molecule has 0 aliphatic carbocycles. The Balaban J connectivity index is 2.71. The quantitative estimate of drug-likeness (QED) is 0.623. The Morgan fingerprint density at radius 2 is 2.11 bits per heavy atom. The van der Waals surface area contributed by atoms with Gasteiger partial charge in [0.15, 0.2) is 0 Å². The predicted octanol–water partition coefficient (Wildman–Crippen LogP) is 2.54. The SMILES string of the molecule is CCCCCN(C)C(=O)c1ccc(N)c(OC)c1. The summed E-state index contributed by atoms with van der Waals surface area (Å²) in [6.45, 7) is 2.92. The highest BCUT2D eigenvalue weighted by Gasteiger charge is 2.13. The van der Waals surface area contributed by atoms with E-state index in [2.05, 4.69) is 6.92 Å². The molecule has 0 heterocycles. The molecule has 0 aliphatic heterocycles.